The molecule has 4 rings (SSSR count). The predicted molar refractivity (Wildman–Crippen MR) is 139 cm³/mol. The largest absolute Gasteiger partial charge is 0.384 e. The van der Waals surface area contributed by atoms with Crippen molar-refractivity contribution in [3.8, 4) is 0 Å². The molecule has 0 amide bonds. The topological polar surface area (TPSA) is 74.4 Å². The van der Waals surface area contributed by atoms with Crippen LogP contribution in [-0.4, -0.2) is 50.0 Å². The average molecular weight is 477 g/mol. The lowest BCUT2D eigenvalue weighted by Gasteiger charge is -2.56. The highest BCUT2D eigenvalue weighted by molar-refractivity contribution is 5.42. The summed E-state index contributed by atoms with van der Waals surface area (Å²) in [6.45, 7) is 11.9. The third-order valence-electron chi connectivity index (χ3n) is 7.89. The van der Waals surface area contributed by atoms with Crippen molar-refractivity contribution >= 4 is 0 Å². The second-order valence-corrected chi connectivity index (χ2v) is 11.4. The minimum atomic E-state index is -1.17. The Bertz CT molecular complexity index is 1160. The van der Waals surface area contributed by atoms with Crippen LogP contribution >= 0.6 is 0 Å². The molecule has 2 aromatic heterocycles. The quantitative estimate of drug-likeness (QED) is 0.508. The van der Waals surface area contributed by atoms with Gasteiger partial charge in [0.2, 0.25) is 0 Å². The molecule has 1 aliphatic heterocycles. The van der Waals surface area contributed by atoms with Crippen LogP contribution in [0.15, 0.2) is 48.8 Å². The number of likely N-dealkylation sites (tertiary alicyclic amines) is 1. The summed E-state index contributed by atoms with van der Waals surface area (Å²) in [6, 6.07) is 12.4. The fourth-order valence-corrected chi connectivity index (χ4v) is 5.51. The van der Waals surface area contributed by atoms with Crippen molar-refractivity contribution in [2.45, 2.75) is 64.6 Å². The number of pyridine rings is 1. The van der Waals surface area contributed by atoms with Crippen molar-refractivity contribution in [2.75, 3.05) is 20.1 Å². The molecular formula is C29H40N4O2. The second kappa shape index (κ2) is 9.16. The Labute approximate surface area is 209 Å². The van der Waals surface area contributed by atoms with Crippen LogP contribution in [0.2, 0.25) is 0 Å². The lowest BCUT2D eigenvalue weighted by Crippen LogP contribution is -2.63. The number of benzene rings is 1. The molecule has 6 nitrogen and oxygen atoms in total. The van der Waals surface area contributed by atoms with Crippen LogP contribution in [-0.2, 0) is 24.7 Å². The van der Waals surface area contributed by atoms with Crippen molar-refractivity contribution in [1.82, 2.24) is 19.7 Å². The summed E-state index contributed by atoms with van der Waals surface area (Å²) in [7, 11) is 3.97. The molecule has 35 heavy (non-hydrogen) atoms. The molecular weight excluding hydrogens is 436 g/mol. The first-order valence-corrected chi connectivity index (χ1v) is 12.5. The lowest BCUT2D eigenvalue weighted by atomic mass is 9.62. The molecule has 1 fully saturated rings. The normalized spacial score (nSPS) is 19.3. The van der Waals surface area contributed by atoms with Crippen LogP contribution in [0.25, 0.3) is 0 Å². The minimum Gasteiger partial charge on any atom is -0.384 e. The zero-order chi connectivity index (χ0) is 25.6. The van der Waals surface area contributed by atoms with E-state index in [0.29, 0.717) is 24.5 Å². The van der Waals surface area contributed by atoms with Crippen molar-refractivity contribution in [1.29, 1.82) is 0 Å². The molecule has 0 aliphatic carbocycles. The van der Waals surface area contributed by atoms with E-state index in [2.05, 4.69) is 73.1 Å². The first-order valence-electron chi connectivity index (χ1n) is 12.5. The van der Waals surface area contributed by atoms with Crippen LogP contribution in [0.1, 0.15) is 73.7 Å². The van der Waals surface area contributed by atoms with E-state index in [9.17, 15) is 10.2 Å². The third-order valence-corrected chi connectivity index (χ3v) is 7.89. The number of hydrogen-bond donors (Lipinski definition) is 2. The van der Waals surface area contributed by atoms with E-state index in [4.69, 9.17) is 0 Å². The van der Waals surface area contributed by atoms with Gasteiger partial charge in [0.1, 0.15) is 11.2 Å². The molecule has 3 heterocycles. The Morgan fingerprint density at radius 1 is 1.03 bits per heavy atom. The highest BCUT2D eigenvalue weighted by atomic mass is 16.3. The number of aromatic nitrogens is 3. The van der Waals surface area contributed by atoms with Crippen molar-refractivity contribution in [3.05, 3.63) is 82.4 Å². The highest BCUT2D eigenvalue weighted by Gasteiger charge is 2.55. The second-order valence-electron chi connectivity index (χ2n) is 11.4. The third kappa shape index (κ3) is 4.67. The summed E-state index contributed by atoms with van der Waals surface area (Å²) >= 11 is 0. The Hall–Kier alpha value is -2.54. The Morgan fingerprint density at radius 3 is 2.23 bits per heavy atom. The van der Waals surface area contributed by atoms with Crippen LogP contribution in [0.4, 0.5) is 0 Å². The van der Waals surface area contributed by atoms with Gasteiger partial charge in [-0.05, 0) is 68.5 Å². The molecule has 188 valence electrons. The van der Waals surface area contributed by atoms with Crippen LogP contribution < -0.4 is 0 Å². The molecule has 1 saturated heterocycles. The standard InChI is InChI=1S/C29H40N4O2/c1-20(2)23-8-10-24(11-9-23)29(35,27(4)18-32(6)19-27)25-15-22(16-30-17-25)12-13-28(5,34)26-14-21(3)33(7)31-26/h8-11,14-17,20,34-35H,12-13,18-19H2,1-7H3/t28?,29-/m0/s1. The van der Waals surface area contributed by atoms with E-state index in [0.717, 1.165) is 35.5 Å². The average Bonchev–Trinajstić information content (AvgIpc) is 3.15. The van der Waals surface area contributed by atoms with Crippen molar-refractivity contribution < 1.29 is 10.2 Å². The number of nitrogens with zero attached hydrogens (tertiary/aromatic N) is 4. The van der Waals surface area contributed by atoms with Gasteiger partial charge in [-0.25, -0.2) is 0 Å². The minimum absolute atomic E-state index is 0.335. The first kappa shape index (κ1) is 25.5. The van der Waals surface area contributed by atoms with Crippen LogP contribution in [0.5, 0.6) is 0 Å². The zero-order valence-electron chi connectivity index (χ0n) is 22.2. The SMILES string of the molecule is Cc1cc(C(C)(O)CCc2cncc([C@@](O)(c3ccc(C(C)C)cc3)C3(C)CN(C)C3)c2)nn1C. The molecule has 2 N–H and O–H groups in total. The van der Waals surface area contributed by atoms with E-state index in [1.807, 2.05) is 33.2 Å². The monoisotopic (exact) mass is 476 g/mol. The highest BCUT2D eigenvalue weighted by Crippen LogP contribution is 2.50. The molecule has 2 atom stereocenters. The fraction of sp³-hybridized carbons (Fsp3) is 0.517. The van der Waals surface area contributed by atoms with Crippen LogP contribution in [0.3, 0.4) is 0 Å². The maximum atomic E-state index is 12.4. The van der Waals surface area contributed by atoms with Gasteiger partial charge in [-0.2, -0.15) is 5.10 Å². The Morgan fingerprint density at radius 2 is 1.69 bits per heavy atom. The van der Waals surface area contributed by atoms with E-state index in [-0.39, 0.29) is 5.41 Å². The molecule has 0 spiro atoms. The molecule has 3 aromatic rings. The Balaban J connectivity index is 1.65. The Kier molecular flexibility index (Phi) is 6.68. The van der Waals surface area contributed by atoms with E-state index in [1.165, 1.54) is 5.56 Å². The molecule has 0 bridgehead atoms. The molecule has 1 aromatic carbocycles. The predicted octanol–water partition coefficient (Wildman–Crippen LogP) is 4.27. The smallest absolute Gasteiger partial charge is 0.124 e. The summed E-state index contributed by atoms with van der Waals surface area (Å²) in [5.74, 6) is 0.434. The van der Waals surface area contributed by atoms with Gasteiger partial charge in [-0.1, -0.05) is 45.0 Å². The summed E-state index contributed by atoms with van der Waals surface area (Å²) in [5, 5.41) is 28.0. The van der Waals surface area contributed by atoms with E-state index >= 15 is 0 Å². The van der Waals surface area contributed by atoms with Gasteiger partial charge in [0.05, 0.1) is 5.69 Å². The van der Waals surface area contributed by atoms with Gasteiger partial charge in [0.25, 0.3) is 0 Å². The van der Waals surface area contributed by atoms with Gasteiger partial charge in [-0.15, -0.1) is 0 Å². The number of hydrogen-bond acceptors (Lipinski definition) is 5. The summed E-state index contributed by atoms with van der Waals surface area (Å²) in [4.78, 5) is 6.76. The van der Waals surface area contributed by atoms with Gasteiger partial charge >= 0.3 is 0 Å². The van der Waals surface area contributed by atoms with Gasteiger partial charge in [0, 0.05) is 49.2 Å². The zero-order valence-corrected chi connectivity index (χ0v) is 22.2. The van der Waals surface area contributed by atoms with Gasteiger partial charge in [0.15, 0.2) is 0 Å². The van der Waals surface area contributed by atoms with Crippen molar-refractivity contribution in [2.24, 2.45) is 12.5 Å². The van der Waals surface area contributed by atoms with Crippen molar-refractivity contribution in [3.63, 3.8) is 0 Å². The summed E-state index contributed by atoms with van der Waals surface area (Å²) in [5.41, 5.74) is 3.08. The molecule has 1 unspecified atom stereocenters. The van der Waals surface area contributed by atoms with E-state index < -0.39 is 11.2 Å². The molecule has 1 aliphatic rings. The van der Waals surface area contributed by atoms with E-state index in [1.54, 1.807) is 10.9 Å². The molecule has 6 heteroatoms. The lowest BCUT2D eigenvalue weighted by molar-refractivity contribution is -0.127. The summed E-state index contributed by atoms with van der Waals surface area (Å²) < 4.78 is 1.78. The van der Waals surface area contributed by atoms with Crippen LogP contribution in [0, 0.1) is 12.3 Å². The summed E-state index contributed by atoms with van der Waals surface area (Å²) in [6.07, 6.45) is 4.77. The maximum Gasteiger partial charge on any atom is 0.124 e. The van der Waals surface area contributed by atoms with Gasteiger partial charge < -0.3 is 15.1 Å². The number of aryl methyl sites for hydroxylation is 3. The molecule has 0 saturated carbocycles. The molecule has 0 radical (unpaired) electrons. The number of aliphatic hydroxyl groups is 2. The first-order chi connectivity index (χ1) is 16.4. The van der Waals surface area contributed by atoms with Gasteiger partial charge in [-0.3, -0.25) is 9.67 Å². The fourth-order valence-electron chi connectivity index (χ4n) is 5.51. The number of rotatable bonds is 8. The maximum absolute atomic E-state index is 12.4.